The second kappa shape index (κ2) is 3.90. The first-order valence-electron chi connectivity index (χ1n) is 4.68. The van der Waals surface area contributed by atoms with Crippen molar-refractivity contribution in [2.75, 3.05) is 13.1 Å². The standard InChI is InChI=1S/C9H18N2O/c1-3-11-6-8(9(10)12)5-4-7(11)2/h7-8H,3-6H2,1-2H3,(H2,10,12). The molecule has 0 radical (unpaired) electrons. The van der Waals surface area contributed by atoms with Gasteiger partial charge in [0.15, 0.2) is 0 Å². The summed E-state index contributed by atoms with van der Waals surface area (Å²) in [6.45, 7) is 6.21. The highest BCUT2D eigenvalue weighted by molar-refractivity contribution is 5.76. The molecule has 2 unspecified atom stereocenters. The van der Waals surface area contributed by atoms with E-state index in [4.69, 9.17) is 5.73 Å². The van der Waals surface area contributed by atoms with E-state index in [2.05, 4.69) is 18.7 Å². The van der Waals surface area contributed by atoms with E-state index in [1.165, 1.54) is 0 Å². The second-order valence-corrected chi connectivity index (χ2v) is 3.61. The van der Waals surface area contributed by atoms with Gasteiger partial charge < -0.3 is 10.6 Å². The van der Waals surface area contributed by atoms with E-state index in [1.807, 2.05) is 0 Å². The number of likely N-dealkylation sites (tertiary alicyclic amines) is 1. The Labute approximate surface area is 73.9 Å². The molecule has 12 heavy (non-hydrogen) atoms. The van der Waals surface area contributed by atoms with Crippen molar-refractivity contribution in [3.63, 3.8) is 0 Å². The molecule has 2 atom stereocenters. The molecule has 3 nitrogen and oxygen atoms in total. The predicted molar refractivity (Wildman–Crippen MR) is 48.6 cm³/mol. The van der Waals surface area contributed by atoms with E-state index in [-0.39, 0.29) is 11.8 Å². The lowest BCUT2D eigenvalue weighted by Gasteiger charge is -2.35. The van der Waals surface area contributed by atoms with Crippen LogP contribution in [0, 0.1) is 5.92 Å². The molecule has 1 fully saturated rings. The van der Waals surface area contributed by atoms with Crippen molar-refractivity contribution in [3.8, 4) is 0 Å². The number of primary amides is 1. The van der Waals surface area contributed by atoms with Gasteiger partial charge >= 0.3 is 0 Å². The fraction of sp³-hybridized carbons (Fsp3) is 0.889. The van der Waals surface area contributed by atoms with E-state index in [9.17, 15) is 4.79 Å². The highest BCUT2D eigenvalue weighted by Gasteiger charge is 2.27. The zero-order valence-electron chi connectivity index (χ0n) is 7.92. The fourth-order valence-electron chi connectivity index (χ4n) is 1.85. The Morgan fingerprint density at radius 2 is 2.25 bits per heavy atom. The molecule has 0 aliphatic carbocycles. The molecule has 0 saturated carbocycles. The zero-order chi connectivity index (χ0) is 9.14. The molecule has 0 aromatic rings. The van der Waals surface area contributed by atoms with Gasteiger partial charge in [-0.15, -0.1) is 0 Å². The van der Waals surface area contributed by atoms with Gasteiger partial charge in [-0.1, -0.05) is 6.92 Å². The first kappa shape index (κ1) is 9.52. The number of hydrogen-bond acceptors (Lipinski definition) is 2. The number of carbonyl (C=O) groups excluding carboxylic acids is 1. The summed E-state index contributed by atoms with van der Waals surface area (Å²) >= 11 is 0. The van der Waals surface area contributed by atoms with Crippen LogP contribution < -0.4 is 5.73 Å². The molecule has 1 aliphatic rings. The number of carbonyl (C=O) groups is 1. The number of nitrogens with zero attached hydrogens (tertiary/aromatic N) is 1. The Hall–Kier alpha value is -0.570. The van der Waals surface area contributed by atoms with Crippen molar-refractivity contribution in [1.82, 2.24) is 4.90 Å². The van der Waals surface area contributed by atoms with Gasteiger partial charge in [0.25, 0.3) is 0 Å². The lowest BCUT2D eigenvalue weighted by atomic mass is 9.93. The van der Waals surface area contributed by atoms with Crippen LogP contribution in [0.5, 0.6) is 0 Å². The SMILES string of the molecule is CCN1CC(C(N)=O)CCC1C. The van der Waals surface area contributed by atoms with Gasteiger partial charge in [-0.25, -0.2) is 0 Å². The molecule has 0 bridgehead atoms. The average Bonchev–Trinajstić information content (AvgIpc) is 2.05. The summed E-state index contributed by atoms with van der Waals surface area (Å²) in [6.07, 6.45) is 2.06. The zero-order valence-corrected chi connectivity index (χ0v) is 7.92. The van der Waals surface area contributed by atoms with E-state index >= 15 is 0 Å². The van der Waals surface area contributed by atoms with Gasteiger partial charge in [0, 0.05) is 12.6 Å². The first-order valence-corrected chi connectivity index (χ1v) is 4.68. The van der Waals surface area contributed by atoms with Crippen LogP contribution in [0.15, 0.2) is 0 Å². The average molecular weight is 170 g/mol. The van der Waals surface area contributed by atoms with E-state index < -0.39 is 0 Å². The van der Waals surface area contributed by atoms with Crippen molar-refractivity contribution < 1.29 is 4.79 Å². The molecule has 1 amide bonds. The summed E-state index contributed by atoms with van der Waals surface area (Å²) < 4.78 is 0. The Kier molecular flexibility index (Phi) is 3.09. The Morgan fingerprint density at radius 3 is 2.75 bits per heavy atom. The molecule has 0 spiro atoms. The van der Waals surface area contributed by atoms with E-state index in [1.54, 1.807) is 0 Å². The number of piperidine rings is 1. The van der Waals surface area contributed by atoms with E-state index in [0.29, 0.717) is 6.04 Å². The maximum absolute atomic E-state index is 10.9. The third-order valence-electron chi connectivity index (χ3n) is 2.82. The molecular weight excluding hydrogens is 152 g/mol. The van der Waals surface area contributed by atoms with Crippen LogP contribution in [0.1, 0.15) is 26.7 Å². The highest BCUT2D eigenvalue weighted by Crippen LogP contribution is 2.20. The third-order valence-corrected chi connectivity index (χ3v) is 2.82. The number of hydrogen-bond donors (Lipinski definition) is 1. The highest BCUT2D eigenvalue weighted by atomic mass is 16.1. The summed E-state index contributed by atoms with van der Waals surface area (Å²) in [5.74, 6) is -0.0542. The molecule has 2 N–H and O–H groups in total. The van der Waals surface area contributed by atoms with Crippen LogP contribution >= 0.6 is 0 Å². The molecule has 1 saturated heterocycles. The van der Waals surface area contributed by atoms with Crippen molar-refractivity contribution in [1.29, 1.82) is 0 Å². The van der Waals surface area contributed by atoms with E-state index in [0.717, 1.165) is 25.9 Å². The fourth-order valence-corrected chi connectivity index (χ4v) is 1.85. The monoisotopic (exact) mass is 170 g/mol. The van der Waals surface area contributed by atoms with Crippen LogP contribution in [-0.2, 0) is 4.79 Å². The lowest BCUT2D eigenvalue weighted by molar-refractivity contribution is -0.123. The van der Waals surface area contributed by atoms with Crippen LogP contribution in [0.25, 0.3) is 0 Å². The molecule has 1 aliphatic heterocycles. The maximum atomic E-state index is 10.9. The van der Waals surface area contributed by atoms with Gasteiger partial charge in [0.2, 0.25) is 5.91 Å². The molecule has 70 valence electrons. The van der Waals surface area contributed by atoms with Gasteiger partial charge in [-0.3, -0.25) is 4.79 Å². The Balaban J connectivity index is 2.49. The molecular formula is C9H18N2O. The Bertz CT molecular complexity index is 170. The Morgan fingerprint density at radius 1 is 1.58 bits per heavy atom. The quantitative estimate of drug-likeness (QED) is 0.659. The molecule has 0 aromatic heterocycles. The van der Waals surface area contributed by atoms with Crippen LogP contribution in [0.4, 0.5) is 0 Å². The first-order chi connectivity index (χ1) is 5.65. The predicted octanol–water partition coefficient (Wildman–Crippen LogP) is 0.592. The van der Waals surface area contributed by atoms with Crippen molar-refractivity contribution in [2.45, 2.75) is 32.7 Å². The normalized spacial score (nSPS) is 31.8. The lowest BCUT2D eigenvalue weighted by Crippen LogP contribution is -2.45. The molecule has 1 rings (SSSR count). The minimum atomic E-state index is -0.139. The summed E-state index contributed by atoms with van der Waals surface area (Å²) in [4.78, 5) is 13.2. The second-order valence-electron chi connectivity index (χ2n) is 3.61. The van der Waals surface area contributed by atoms with Gasteiger partial charge in [0.1, 0.15) is 0 Å². The largest absolute Gasteiger partial charge is 0.369 e. The van der Waals surface area contributed by atoms with Crippen molar-refractivity contribution >= 4 is 5.91 Å². The summed E-state index contributed by atoms with van der Waals surface area (Å²) in [5, 5.41) is 0. The molecule has 1 heterocycles. The van der Waals surface area contributed by atoms with Crippen molar-refractivity contribution in [3.05, 3.63) is 0 Å². The molecule has 0 aromatic carbocycles. The minimum Gasteiger partial charge on any atom is -0.369 e. The maximum Gasteiger partial charge on any atom is 0.221 e. The van der Waals surface area contributed by atoms with Gasteiger partial charge in [-0.2, -0.15) is 0 Å². The van der Waals surface area contributed by atoms with Crippen molar-refractivity contribution in [2.24, 2.45) is 11.7 Å². The van der Waals surface area contributed by atoms with Crippen LogP contribution in [0.2, 0.25) is 0 Å². The summed E-state index contributed by atoms with van der Waals surface area (Å²) in [5.41, 5.74) is 5.26. The molecule has 3 heteroatoms. The number of nitrogens with two attached hydrogens (primary N) is 1. The third kappa shape index (κ3) is 1.97. The summed E-state index contributed by atoms with van der Waals surface area (Å²) in [6, 6.07) is 0.616. The van der Waals surface area contributed by atoms with Crippen LogP contribution in [-0.4, -0.2) is 29.9 Å². The number of rotatable bonds is 2. The van der Waals surface area contributed by atoms with Gasteiger partial charge in [-0.05, 0) is 26.3 Å². The van der Waals surface area contributed by atoms with Crippen LogP contribution in [0.3, 0.4) is 0 Å². The smallest absolute Gasteiger partial charge is 0.221 e. The number of amides is 1. The van der Waals surface area contributed by atoms with Gasteiger partial charge in [0.05, 0.1) is 5.92 Å². The topological polar surface area (TPSA) is 46.3 Å². The minimum absolute atomic E-state index is 0.0844. The summed E-state index contributed by atoms with van der Waals surface area (Å²) in [7, 11) is 0.